The van der Waals surface area contributed by atoms with E-state index in [1.54, 1.807) is 4.68 Å². The zero-order valence-electron chi connectivity index (χ0n) is 15.5. The molecule has 0 spiro atoms. The summed E-state index contributed by atoms with van der Waals surface area (Å²) in [6, 6.07) is 2.21. The third kappa shape index (κ3) is 5.14. The first-order chi connectivity index (χ1) is 11.6. The van der Waals surface area contributed by atoms with Gasteiger partial charge >= 0.3 is 0 Å². The Bertz CT molecular complexity index is 575. The molecule has 0 radical (unpaired) electrons. The number of rotatable bonds is 8. The first-order valence-electron chi connectivity index (χ1n) is 9.17. The van der Waals surface area contributed by atoms with E-state index in [1.807, 2.05) is 24.9 Å². The highest BCUT2D eigenvalue weighted by Gasteiger charge is 2.42. The van der Waals surface area contributed by atoms with Crippen LogP contribution in [0, 0.1) is 11.8 Å². The fourth-order valence-corrected chi connectivity index (χ4v) is 4.26. The van der Waals surface area contributed by atoms with Crippen molar-refractivity contribution in [1.82, 2.24) is 20.0 Å². The molecule has 0 bridgehead atoms. The summed E-state index contributed by atoms with van der Waals surface area (Å²) in [7, 11) is 1.86. The number of thioether (sulfide) groups is 1. The van der Waals surface area contributed by atoms with Crippen LogP contribution in [0.15, 0.2) is 6.07 Å². The number of amides is 1. The van der Waals surface area contributed by atoms with Gasteiger partial charge in [-0.25, -0.2) is 0 Å². The van der Waals surface area contributed by atoms with Gasteiger partial charge in [0.05, 0.1) is 5.69 Å². The molecule has 2 aliphatic rings. The van der Waals surface area contributed by atoms with Crippen LogP contribution in [0.4, 0.5) is 0 Å². The van der Waals surface area contributed by atoms with E-state index in [2.05, 4.69) is 28.5 Å². The van der Waals surface area contributed by atoms with E-state index in [0.29, 0.717) is 17.7 Å². The zero-order chi connectivity index (χ0) is 17.1. The molecule has 2 atom stereocenters. The maximum absolute atomic E-state index is 12.7. The molecule has 2 heterocycles. The molecule has 1 saturated heterocycles. The topological polar surface area (TPSA) is 50.2 Å². The number of aryl methyl sites for hydroxylation is 2. The number of carbonyl (C=O) groups is 1. The average Bonchev–Trinajstić information content (AvgIpc) is 3.23. The average molecular weight is 387 g/mol. The van der Waals surface area contributed by atoms with E-state index in [9.17, 15) is 4.79 Å². The van der Waals surface area contributed by atoms with Crippen molar-refractivity contribution in [3.63, 3.8) is 0 Å². The molecule has 142 valence electrons. The molecule has 25 heavy (non-hydrogen) atoms. The van der Waals surface area contributed by atoms with E-state index in [-0.39, 0.29) is 18.3 Å². The van der Waals surface area contributed by atoms with Gasteiger partial charge in [0.1, 0.15) is 5.69 Å². The third-order valence-corrected chi connectivity index (χ3v) is 6.03. The lowest BCUT2D eigenvalue weighted by atomic mass is 9.98. The van der Waals surface area contributed by atoms with Crippen molar-refractivity contribution in [1.29, 1.82) is 0 Å². The van der Waals surface area contributed by atoms with Crippen LogP contribution in [0.1, 0.15) is 42.4 Å². The minimum atomic E-state index is 0. The van der Waals surface area contributed by atoms with Gasteiger partial charge in [0, 0.05) is 26.2 Å². The zero-order valence-corrected chi connectivity index (χ0v) is 17.2. The highest BCUT2D eigenvalue weighted by atomic mass is 35.5. The molecule has 1 aliphatic heterocycles. The number of hydrogen-bond acceptors (Lipinski definition) is 4. The van der Waals surface area contributed by atoms with Crippen LogP contribution in [0.5, 0.6) is 0 Å². The Balaban J connectivity index is 0.00000225. The minimum absolute atomic E-state index is 0. The molecule has 0 unspecified atom stereocenters. The molecule has 1 aromatic rings. The summed E-state index contributed by atoms with van der Waals surface area (Å²) < 4.78 is 1.71. The van der Waals surface area contributed by atoms with Gasteiger partial charge in [-0.1, -0.05) is 6.92 Å². The Kier molecular flexibility index (Phi) is 7.65. The number of aromatic nitrogens is 2. The lowest BCUT2D eigenvalue weighted by molar-refractivity contribution is 0.0918. The summed E-state index contributed by atoms with van der Waals surface area (Å²) in [4.78, 5) is 15.3. The number of halogens is 1. The van der Waals surface area contributed by atoms with Gasteiger partial charge in [-0.3, -0.25) is 9.48 Å². The van der Waals surface area contributed by atoms with Crippen molar-refractivity contribution in [2.24, 2.45) is 18.9 Å². The monoisotopic (exact) mass is 386 g/mol. The highest BCUT2D eigenvalue weighted by molar-refractivity contribution is 7.98. The van der Waals surface area contributed by atoms with Crippen molar-refractivity contribution in [3.8, 4) is 0 Å². The molecule has 1 aromatic heterocycles. The number of nitrogens with one attached hydrogen (secondary N) is 1. The number of likely N-dealkylation sites (tertiary alicyclic amines) is 1. The fraction of sp³-hybridized carbons (Fsp3) is 0.778. The summed E-state index contributed by atoms with van der Waals surface area (Å²) in [5, 5.41) is 7.72. The summed E-state index contributed by atoms with van der Waals surface area (Å²) in [5.41, 5.74) is 1.66. The Morgan fingerprint density at radius 3 is 2.76 bits per heavy atom. The minimum Gasteiger partial charge on any atom is -0.346 e. The number of carbonyl (C=O) groups excluding carboxylic acids is 1. The van der Waals surface area contributed by atoms with Crippen LogP contribution in [0.2, 0.25) is 0 Å². The van der Waals surface area contributed by atoms with Gasteiger partial charge in [-0.2, -0.15) is 16.9 Å². The number of hydrogen-bond donors (Lipinski definition) is 1. The van der Waals surface area contributed by atoms with E-state index in [4.69, 9.17) is 0 Å². The van der Waals surface area contributed by atoms with Crippen LogP contribution in [0.25, 0.3) is 0 Å². The van der Waals surface area contributed by atoms with Crippen LogP contribution < -0.4 is 5.32 Å². The lowest BCUT2D eigenvalue weighted by Crippen LogP contribution is -2.41. The molecule has 7 heteroatoms. The fourth-order valence-electron chi connectivity index (χ4n) is 3.84. The van der Waals surface area contributed by atoms with Gasteiger partial charge in [0.25, 0.3) is 5.91 Å². The van der Waals surface area contributed by atoms with Gasteiger partial charge < -0.3 is 10.2 Å². The predicted molar refractivity (Wildman–Crippen MR) is 107 cm³/mol. The molecular weight excluding hydrogens is 356 g/mol. The Hall–Kier alpha value is -0.720. The Morgan fingerprint density at radius 2 is 2.16 bits per heavy atom. The molecule has 3 rings (SSSR count). The van der Waals surface area contributed by atoms with Crippen LogP contribution >= 0.6 is 24.2 Å². The van der Waals surface area contributed by atoms with Crippen molar-refractivity contribution < 1.29 is 4.79 Å². The lowest BCUT2D eigenvalue weighted by Gasteiger charge is -2.19. The molecule has 0 aromatic carbocycles. The predicted octanol–water partition coefficient (Wildman–Crippen LogP) is 2.60. The van der Waals surface area contributed by atoms with Gasteiger partial charge in [0.15, 0.2) is 0 Å². The Morgan fingerprint density at radius 1 is 1.40 bits per heavy atom. The van der Waals surface area contributed by atoms with E-state index in [1.165, 1.54) is 25.0 Å². The molecule has 1 N–H and O–H groups in total. The first-order valence-corrected chi connectivity index (χ1v) is 10.6. The van der Waals surface area contributed by atoms with Gasteiger partial charge in [-0.05, 0) is 62.1 Å². The molecule has 5 nitrogen and oxygen atoms in total. The third-order valence-electron chi connectivity index (χ3n) is 5.33. The van der Waals surface area contributed by atoms with E-state index < -0.39 is 0 Å². The van der Waals surface area contributed by atoms with Crippen molar-refractivity contribution >= 4 is 30.1 Å². The standard InChI is InChI=1S/C18H30N4OS.ClH/c1-4-14-10-17(21(2)20-14)18(23)19-16-12-22(8-5-9-24-3)11-15(16)13-6-7-13;/h10,13,15-16H,4-9,11-12H2,1-3H3,(H,19,23);1H/t15-,16+;/m1./s1. The second-order valence-electron chi connectivity index (χ2n) is 7.19. The largest absolute Gasteiger partial charge is 0.346 e. The van der Waals surface area contributed by atoms with E-state index in [0.717, 1.165) is 37.7 Å². The SMILES string of the molecule is CCc1cc(C(=O)N[C@H]2CN(CCCSC)C[C@@H]2C2CC2)n(C)n1.Cl. The smallest absolute Gasteiger partial charge is 0.269 e. The van der Waals surface area contributed by atoms with Crippen LogP contribution in [0.3, 0.4) is 0 Å². The molecule has 1 aliphatic carbocycles. The van der Waals surface area contributed by atoms with Crippen molar-refractivity contribution in [2.75, 3.05) is 31.6 Å². The van der Waals surface area contributed by atoms with Crippen molar-refractivity contribution in [3.05, 3.63) is 17.5 Å². The van der Waals surface area contributed by atoms with Crippen LogP contribution in [-0.4, -0.2) is 58.3 Å². The van der Waals surface area contributed by atoms with Gasteiger partial charge in [0.2, 0.25) is 0 Å². The Labute approximate surface area is 161 Å². The summed E-state index contributed by atoms with van der Waals surface area (Å²) >= 11 is 1.91. The number of nitrogens with zero attached hydrogens (tertiary/aromatic N) is 3. The quantitative estimate of drug-likeness (QED) is 0.698. The second kappa shape index (κ2) is 9.28. The maximum Gasteiger partial charge on any atom is 0.269 e. The van der Waals surface area contributed by atoms with Gasteiger partial charge in [-0.15, -0.1) is 12.4 Å². The maximum atomic E-state index is 12.7. The molecule has 2 fully saturated rings. The highest BCUT2D eigenvalue weighted by Crippen LogP contribution is 2.41. The second-order valence-corrected chi connectivity index (χ2v) is 8.17. The molecule has 1 amide bonds. The van der Waals surface area contributed by atoms with E-state index >= 15 is 0 Å². The molecule has 1 saturated carbocycles. The van der Waals surface area contributed by atoms with Crippen LogP contribution in [-0.2, 0) is 13.5 Å². The molecular formula is C18H31ClN4OS. The van der Waals surface area contributed by atoms with Crippen molar-refractivity contribution in [2.45, 2.75) is 38.6 Å². The summed E-state index contributed by atoms with van der Waals surface area (Å²) in [6.45, 7) is 5.37. The normalized spacial score (nSPS) is 23.5. The first kappa shape index (κ1) is 20.6. The summed E-state index contributed by atoms with van der Waals surface area (Å²) in [5.74, 6) is 2.70. The summed E-state index contributed by atoms with van der Waals surface area (Å²) in [6.07, 6.45) is 6.93.